The number of fused-ring (bicyclic) bond motifs is 1. The number of rotatable bonds is 3. The van der Waals surface area contributed by atoms with E-state index in [4.69, 9.17) is 19.0 Å². The molecule has 0 unspecified atom stereocenters. The van der Waals surface area contributed by atoms with Crippen LogP contribution in [0.25, 0.3) is 11.0 Å². The van der Waals surface area contributed by atoms with Gasteiger partial charge in [0.15, 0.2) is 6.10 Å². The van der Waals surface area contributed by atoms with Gasteiger partial charge in [-0.05, 0) is 18.2 Å². The van der Waals surface area contributed by atoms with Crippen LogP contribution in [0.3, 0.4) is 0 Å². The van der Waals surface area contributed by atoms with Crippen LogP contribution in [0.15, 0.2) is 39.5 Å². The summed E-state index contributed by atoms with van der Waals surface area (Å²) >= 11 is 0. The van der Waals surface area contributed by atoms with Gasteiger partial charge in [0.05, 0.1) is 0 Å². The molecule has 0 amide bonds. The summed E-state index contributed by atoms with van der Waals surface area (Å²) in [6.07, 6.45) is -8.52. The molecule has 1 fully saturated rings. The second-order valence-corrected chi connectivity index (χ2v) is 5.31. The molecule has 2 heterocycles. The Morgan fingerprint density at radius 3 is 2.46 bits per heavy atom. The summed E-state index contributed by atoms with van der Waals surface area (Å²) in [5, 5.41) is 38.9. The average Bonchev–Trinajstić information content (AvgIpc) is 2.54. The number of aliphatic hydroxyl groups is 3. The van der Waals surface area contributed by atoms with E-state index < -0.39 is 42.3 Å². The topological polar surface area (TPSA) is 147 Å². The lowest BCUT2D eigenvalue weighted by Gasteiger charge is -2.38. The number of carboxylic acids is 1. The summed E-state index contributed by atoms with van der Waals surface area (Å²) in [4.78, 5) is 22.3. The van der Waals surface area contributed by atoms with Gasteiger partial charge < -0.3 is 34.3 Å². The normalized spacial score (nSPS) is 30.2. The van der Waals surface area contributed by atoms with Crippen LogP contribution in [-0.4, -0.2) is 57.1 Å². The van der Waals surface area contributed by atoms with E-state index in [1.54, 1.807) is 12.1 Å². The molecule has 1 aliphatic heterocycles. The minimum atomic E-state index is -1.80. The molecule has 9 nitrogen and oxygen atoms in total. The molecule has 1 aromatic carbocycles. The lowest BCUT2D eigenvalue weighted by atomic mass is 9.99. The summed E-state index contributed by atoms with van der Waals surface area (Å²) in [7, 11) is 0. The lowest BCUT2D eigenvalue weighted by Crippen LogP contribution is -2.61. The highest BCUT2D eigenvalue weighted by Gasteiger charge is 2.48. The van der Waals surface area contributed by atoms with Crippen LogP contribution in [0.1, 0.15) is 0 Å². The Morgan fingerprint density at radius 1 is 1.04 bits per heavy atom. The fourth-order valence-electron chi connectivity index (χ4n) is 2.40. The summed E-state index contributed by atoms with van der Waals surface area (Å²) in [6.45, 7) is 0. The minimum absolute atomic E-state index is 0.119. The van der Waals surface area contributed by atoms with Gasteiger partial charge in [0.1, 0.15) is 29.6 Å². The predicted octanol–water partition coefficient (Wildman–Crippen LogP) is -0.936. The van der Waals surface area contributed by atoms with E-state index in [1.807, 2.05) is 0 Å². The molecule has 0 radical (unpaired) electrons. The number of aliphatic carboxylic acids is 1. The maximum absolute atomic E-state index is 11.2. The van der Waals surface area contributed by atoms with E-state index in [0.717, 1.165) is 0 Å². The number of benzene rings is 1. The van der Waals surface area contributed by atoms with E-state index >= 15 is 0 Å². The van der Waals surface area contributed by atoms with Gasteiger partial charge in [-0.15, -0.1) is 0 Å². The molecule has 9 heteroatoms. The highest BCUT2D eigenvalue weighted by molar-refractivity contribution is 5.77. The molecule has 1 aromatic heterocycles. The number of hydrogen-bond donors (Lipinski definition) is 4. The fraction of sp³-hybridized carbons (Fsp3) is 0.333. The molecular weight excluding hydrogens is 324 g/mol. The zero-order valence-corrected chi connectivity index (χ0v) is 12.1. The Hall–Kier alpha value is -2.46. The van der Waals surface area contributed by atoms with Gasteiger partial charge in [-0.1, -0.05) is 0 Å². The molecule has 24 heavy (non-hydrogen) atoms. The molecule has 4 N–H and O–H groups in total. The predicted molar refractivity (Wildman–Crippen MR) is 77.4 cm³/mol. The summed E-state index contributed by atoms with van der Waals surface area (Å²) in [5.41, 5.74) is -0.334. The largest absolute Gasteiger partial charge is 0.479 e. The fourth-order valence-corrected chi connectivity index (χ4v) is 2.40. The molecule has 5 atom stereocenters. The molecule has 0 aliphatic carbocycles. The van der Waals surface area contributed by atoms with Crippen molar-refractivity contribution in [2.24, 2.45) is 0 Å². The summed E-state index contributed by atoms with van der Waals surface area (Å²) in [6, 6.07) is 7.25. The number of aliphatic hydroxyl groups excluding tert-OH is 3. The first kappa shape index (κ1) is 16.4. The molecule has 128 valence electrons. The molecular formula is C15H14O9. The van der Waals surface area contributed by atoms with Crippen LogP contribution < -0.4 is 10.4 Å². The highest BCUT2D eigenvalue weighted by atomic mass is 16.7. The van der Waals surface area contributed by atoms with Crippen molar-refractivity contribution in [1.29, 1.82) is 0 Å². The van der Waals surface area contributed by atoms with Crippen molar-refractivity contribution in [3.05, 3.63) is 40.8 Å². The molecule has 3 rings (SSSR count). The monoisotopic (exact) mass is 338 g/mol. The maximum atomic E-state index is 11.2. The summed E-state index contributed by atoms with van der Waals surface area (Å²) in [5.74, 6) is -1.39. The SMILES string of the molecule is O=C(O)[C@H]1O[C@@H](Oc2ccc3ccc(=O)oc3c2)[C@H](O)[C@@H](O)[C@@H]1O. The highest BCUT2D eigenvalue weighted by Crippen LogP contribution is 2.26. The Kier molecular flexibility index (Phi) is 4.24. The van der Waals surface area contributed by atoms with Gasteiger partial charge in [-0.2, -0.15) is 0 Å². The molecule has 0 bridgehead atoms. The van der Waals surface area contributed by atoms with Crippen LogP contribution in [0.2, 0.25) is 0 Å². The van der Waals surface area contributed by atoms with Crippen molar-refractivity contribution in [3.8, 4) is 5.75 Å². The first-order valence-electron chi connectivity index (χ1n) is 7.00. The van der Waals surface area contributed by atoms with Crippen LogP contribution in [0.4, 0.5) is 0 Å². The standard InChI is InChI=1S/C15H14O9/c16-9-4-2-6-1-3-7(5-8(6)23-9)22-15-12(19)10(17)11(18)13(24-15)14(20)21/h1-5,10-13,15,17-19H,(H,20,21)/t10-,11-,12+,13-,15+/m0/s1. The Balaban J connectivity index is 1.86. The van der Waals surface area contributed by atoms with Crippen molar-refractivity contribution in [3.63, 3.8) is 0 Å². The van der Waals surface area contributed by atoms with E-state index in [1.165, 1.54) is 18.2 Å². The third-order valence-corrected chi connectivity index (χ3v) is 3.66. The van der Waals surface area contributed by atoms with Gasteiger partial charge in [0, 0.05) is 17.5 Å². The smallest absolute Gasteiger partial charge is 0.336 e. The number of carboxylic acid groups (broad SMARTS) is 1. The van der Waals surface area contributed by atoms with Crippen molar-refractivity contribution in [1.82, 2.24) is 0 Å². The first-order chi connectivity index (χ1) is 11.4. The third kappa shape index (κ3) is 2.97. The Labute approximate surface area is 134 Å². The van der Waals surface area contributed by atoms with Crippen LogP contribution >= 0.6 is 0 Å². The van der Waals surface area contributed by atoms with Gasteiger partial charge >= 0.3 is 11.6 Å². The zero-order chi connectivity index (χ0) is 17.4. The second-order valence-electron chi connectivity index (χ2n) is 5.31. The van der Waals surface area contributed by atoms with Gasteiger partial charge in [-0.25, -0.2) is 9.59 Å². The number of hydrogen-bond acceptors (Lipinski definition) is 8. The molecule has 2 aromatic rings. The van der Waals surface area contributed by atoms with E-state index in [-0.39, 0.29) is 11.3 Å². The van der Waals surface area contributed by atoms with Gasteiger partial charge in [0.2, 0.25) is 6.29 Å². The average molecular weight is 338 g/mol. The van der Waals surface area contributed by atoms with Crippen molar-refractivity contribution < 1.29 is 39.1 Å². The molecule has 1 aliphatic rings. The second kappa shape index (κ2) is 6.21. The first-order valence-corrected chi connectivity index (χ1v) is 7.00. The van der Waals surface area contributed by atoms with Gasteiger partial charge in [-0.3, -0.25) is 0 Å². The molecule has 1 saturated heterocycles. The van der Waals surface area contributed by atoms with Crippen LogP contribution in [0, 0.1) is 0 Å². The Morgan fingerprint density at radius 2 is 1.75 bits per heavy atom. The van der Waals surface area contributed by atoms with E-state index in [0.29, 0.717) is 5.39 Å². The molecule has 0 spiro atoms. The maximum Gasteiger partial charge on any atom is 0.336 e. The zero-order valence-electron chi connectivity index (χ0n) is 12.1. The molecule has 0 saturated carbocycles. The van der Waals surface area contributed by atoms with Crippen molar-refractivity contribution >= 4 is 16.9 Å². The van der Waals surface area contributed by atoms with E-state index in [2.05, 4.69) is 0 Å². The van der Waals surface area contributed by atoms with Crippen LogP contribution in [0.5, 0.6) is 5.75 Å². The van der Waals surface area contributed by atoms with Crippen molar-refractivity contribution in [2.45, 2.75) is 30.7 Å². The van der Waals surface area contributed by atoms with Gasteiger partial charge in [0.25, 0.3) is 0 Å². The van der Waals surface area contributed by atoms with Crippen LogP contribution in [-0.2, 0) is 9.53 Å². The van der Waals surface area contributed by atoms with Crippen molar-refractivity contribution in [2.75, 3.05) is 0 Å². The summed E-state index contributed by atoms with van der Waals surface area (Å²) < 4.78 is 15.3. The lowest BCUT2D eigenvalue weighted by molar-refractivity contribution is -0.271. The number of ether oxygens (including phenoxy) is 2. The van der Waals surface area contributed by atoms with E-state index in [9.17, 15) is 24.9 Å². The Bertz CT molecular complexity index is 814. The quantitative estimate of drug-likeness (QED) is 0.521. The number of carbonyl (C=O) groups is 1. The minimum Gasteiger partial charge on any atom is -0.479 e. The third-order valence-electron chi connectivity index (χ3n) is 3.66.